The van der Waals surface area contributed by atoms with Crippen LogP contribution in [-0.4, -0.2) is 97.4 Å². The van der Waals surface area contributed by atoms with Crippen molar-refractivity contribution in [2.75, 3.05) is 76.2 Å². The molecule has 6 rings (SSSR count). The molecule has 3 aliphatic heterocycles. The van der Waals surface area contributed by atoms with Crippen LogP contribution < -0.4 is 16.0 Å². The standard InChI is InChI=1S/C31H38F3N7O2/c32-31(33,34)17-22-2-4-27-25(15-22)28(38-21-37-27)41-19-30(20-41)5-8-40(9-6-30)18-23-1-3-26(35)24(16-23)29(42)36-7-10-39-11-13-43-14-12-39/h1-4,15-16,21H,5-14,17-20,35H2,(H,36,42). The van der Waals surface area contributed by atoms with Gasteiger partial charge in [-0.2, -0.15) is 13.2 Å². The third-order valence-corrected chi connectivity index (χ3v) is 8.94. The second-order valence-corrected chi connectivity index (χ2v) is 12.1. The maximum Gasteiger partial charge on any atom is 0.393 e. The lowest BCUT2D eigenvalue weighted by molar-refractivity contribution is -0.127. The Balaban J connectivity index is 1.02. The monoisotopic (exact) mass is 597 g/mol. The van der Waals surface area contributed by atoms with Crippen molar-refractivity contribution in [2.45, 2.75) is 32.0 Å². The molecule has 4 heterocycles. The fraction of sp³-hybridized carbons (Fsp3) is 0.516. The van der Waals surface area contributed by atoms with E-state index >= 15 is 0 Å². The number of amides is 1. The average Bonchev–Trinajstić information content (AvgIpc) is 2.97. The highest BCUT2D eigenvalue weighted by Gasteiger charge is 2.45. The number of hydrogen-bond acceptors (Lipinski definition) is 8. The molecule has 12 heteroatoms. The summed E-state index contributed by atoms with van der Waals surface area (Å²) < 4.78 is 44.3. The smallest absolute Gasteiger partial charge is 0.393 e. The molecule has 0 radical (unpaired) electrons. The highest BCUT2D eigenvalue weighted by Crippen LogP contribution is 2.43. The summed E-state index contributed by atoms with van der Waals surface area (Å²) in [7, 11) is 0. The molecule has 3 aromatic rings. The molecule has 1 spiro atoms. The van der Waals surface area contributed by atoms with Crippen LogP contribution in [0.15, 0.2) is 42.7 Å². The van der Waals surface area contributed by atoms with E-state index in [0.717, 1.165) is 84.0 Å². The molecule has 3 aliphatic rings. The molecule has 0 aliphatic carbocycles. The molecule has 3 saturated heterocycles. The van der Waals surface area contributed by atoms with Crippen LogP contribution in [0.2, 0.25) is 0 Å². The molecule has 1 amide bonds. The van der Waals surface area contributed by atoms with Crippen LogP contribution in [0, 0.1) is 5.41 Å². The number of fused-ring (bicyclic) bond motifs is 1. The number of anilines is 2. The van der Waals surface area contributed by atoms with Gasteiger partial charge in [0.05, 0.1) is 30.7 Å². The number of morpholine rings is 1. The van der Waals surface area contributed by atoms with E-state index in [2.05, 4.69) is 30.0 Å². The maximum absolute atomic E-state index is 13.0. The van der Waals surface area contributed by atoms with Crippen LogP contribution in [-0.2, 0) is 17.7 Å². The third-order valence-electron chi connectivity index (χ3n) is 8.94. The number of ether oxygens (including phenoxy) is 1. The number of hydrogen-bond donors (Lipinski definition) is 2. The number of halogens is 3. The van der Waals surface area contributed by atoms with E-state index in [4.69, 9.17) is 10.5 Å². The predicted octanol–water partition coefficient (Wildman–Crippen LogP) is 3.48. The number of likely N-dealkylation sites (tertiary alicyclic amines) is 1. The zero-order valence-corrected chi connectivity index (χ0v) is 24.2. The molecule has 0 bridgehead atoms. The number of alkyl halides is 3. The highest BCUT2D eigenvalue weighted by atomic mass is 19.4. The Morgan fingerprint density at radius 2 is 1.72 bits per heavy atom. The van der Waals surface area contributed by atoms with Gasteiger partial charge in [0, 0.05) is 62.3 Å². The summed E-state index contributed by atoms with van der Waals surface area (Å²) in [6.45, 7) is 8.83. The van der Waals surface area contributed by atoms with Gasteiger partial charge < -0.3 is 20.7 Å². The Kier molecular flexibility index (Phi) is 8.43. The zero-order chi connectivity index (χ0) is 30.0. The van der Waals surface area contributed by atoms with Crippen molar-refractivity contribution in [3.05, 3.63) is 59.4 Å². The fourth-order valence-corrected chi connectivity index (χ4v) is 6.50. The Morgan fingerprint density at radius 3 is 2.47 bits per heavy atom. The molecule has 3 fully saturated rings. The van der Waals surface area contributed by atoms with Crippen LogP contribution in [0.25, 0.3) is 10.9 Å². The maximum atomic E-state index is 13.0. The van der Waals surface area contributed by atoms with Crippen molar-refractivity contribution >= 4 is 28.3 Å². The molecular formula is C31H38F3N7O2. The average molecular weight is 598 g/mol. The molecule has 0 atom stereocenters. The largest absolute Gasteiger partial charge is 0.398 e. The van der Waals surface area contributed by atoms with Crippen molar-refractivity contribution in [1.29, 1.82) is 0 Å². The first-order chi connectivity index (χ1) is 20.7. The number of nitrogens with two attached hydrogens (primary N) is 1. The quantitative estimate of drug-likeness (QED) is 0.381. The SMILES string of the molecule is Nc1ccc(CN2CCC3(CC2)CN(c2ncnc4ccc(CC(F)(F)F)cc24)C3)cc1C(=O)NCCN1CCOCC1. The third kappa shape index (κ3) is 7.02. The number of nitrogens with zero attached hydrogens (tertiary/aromatic N) is 5. The Morgan fingerprint density at radius 1 is 0.977 bits per heavy atom. The molecule has 2 aromatic carbocycles. The summed E-state index contributed by atoms with van der Waals surface area (Å²) in [5.41, 5.74) is 9.25. The van der Waals surface area contributed by atoms with Crippen molar-refractivity contribution < 1.29 is 22.7 Å². The number of aromatic nitrogens is 2. The van der Waals surface area contributed by atoms with Gasteiger partial charge in [0.1, 0.15) is 12.1 Å². The fourth-order valence-electron chi connectivity index (χ4n) is 6.50. The molecule has 3 N–H and O–H groups in total. The van der Waals surface area contributed by atoms with Crippen molar-refractivity contribution in [3.8, 4) is 0 Å². The highest BCUT2D eigenvalue weighted by molar-refractivity contribution is 5.99. The van der Waals surface area contributed by atoms with Gasteiger partial charge in [0.15, 0.2) is 0 Å². The molecule has 230 valence electrons. The molecule has 0 unspecified atom stereocenters. The Hall–Kier alpha value is -3.48. The van der Waals surface area contributed by atoms with Crippen molar-refractivity contribution in [1.82, 2.24) is 25.1 Å². The molecule has 1 aromatic heterocycles. The van der Waals surface area contributed by atoms with Gasteiger partial charge in [-0.05, 0) is 61.3 Å². The van der Waals surface area contributed by atoms with Gasteiger partial charge in [0.25, 0.3) is 5.91 Å². The van der Waals surface area contributed by atoms with Gasteiger partial charge in [-0.25, -0.2) is 9.97 Å². The van der Waals surface area contributed by atoms with E-state index in [1.54, 1.807) is 12.1 Å². The van der Waals surface area contributed by atoms with E-state index in [1.807, 2.05) is 18.2 Å². The van der Waals surface area contributed by atoms with Gasteiger partial charge in [-0.3, -0.25) is 14.6 Å². The number of carbonyl (C=O) groups excluding carboxylic acids is 1. The van der Waals surface area contributed by atoms with E-state index in [9.17, 15) is 18.0 Å². The first kappa shape index (κ1) is 29.6. The summed E-state index contributed by atoms with van der Waals surface area (Å²) in [6, 6.07) is 10.4. The van der Waals surface area contributed by atoms with Crippen LogP contribution >= 0.6 is 0 Å². The minimum absolute atomic E-state index is 0.150. The van der Waals surface area contributed by atoms with E-state index in [1.165, 1.54) is 12.4 Å². The zero-order valence-electron chi connectivity index (χ0n) is 24.2. The normalized spacial score (nSPS) is 19.5. The summed E-state index contributed by atoms with van der Waals surface area (Å²) >= 11 is 0. The lowest BCUT2D eigenvalue weighted by Crippen LogP contribution is -2.60. The summed E-state index contributed by atoms with van der Waals surface area (Å²) in [5, 5.41) is 3.67. The number of rotatable bonds is 8. The second kappa shape index (κ2) is 12.3. The summed E-state index contributed by atoms with van der Waals surface area (Å²) in [4.78, 5) is 28.5. The first-order valence-electron chi connectivity index (χ1n) is 14.9. The van der Waals surface area contributed by atoms with Gasteiger partial charge in [0.2, 0.25) is 0 Å². The van der Waals surface area contributed by atoms with Crippen LogP contribution in [0.3, 0.4) is 0 Å². The number of carbonyl (C=O) groups is 1. The van der Waals surface area contributed by atoms with E-state index < -0.39 is 12.6 Å². The number of benzene rings is 2. The van der Waals surface area contributed by atoms with Crippen molar-refractivity contribution in [2.24, 2.45) is 5.41 Å². The number of nitrogen functional groups attached to an aromatic ring is 1. The summed E-state index contributed by atoms with van der Waals surface area (Å²) in [6.07, 6.45) is -1.70. The van der Waals surface area contributed by atoms with E-state index in [-0.39, 0.29) is 16.9 Å². The first-order valence-corrected chi connectivity index (χ1v) is 14.9. The van der Waals surface area contributed by atoms with Crippen LogP contribution in [0.4, 0.5) is 24.7 Å². The number of piperidine rings is 1. The Bertz CT molecular complexity index is 1450. The Labute approximate surface area is 249 Å². The molecular weight excluding hydrogens is 559 g/mol. The second-order valence-electron chi connectivity index (χ2n) is 12.1. The minimum atomic E-state index is -4.26. The molecule has 0 saturated carbocycles. The van der Waals surface area contributed by atoms with Gasteiger partial charge in [-0.1, -0.05) is 12.1 Å². The van der Waals surface area contributed by atoms with Crippen LogP contribution in [0.1, 0.15) is 34.3 Å². The lowest BCUT2D eigenvalue weighted by atomic mass is 9.72. The van der Waals surface area contributed by atoms with Gasteiger partial charge in [-0.15, -0.1) is 0 Å². The summed E-state index contributed by atoms with van der Waals surface area (Å²) in [5.74, 6) is 0.558. The predicted molar refractivity (Wildman–Crippen MR) is 159 cm³/mol. The minimum Gasteiger partial charge on any atom is -0.398 e. The van der Waals surface area contributed by atoms with E-state index in [0.29, 0.717) is 34.5 Å². The molecule has 43 heavy (non-hydrogen) atoms. The topological polar surface area (TPSA) is 99.8 Å². The van der Waals surface area contributed by atoms with Crippen LogP contribution in [0.5, 0.6) is 0 Å². The van der Waals surface area contributed by atoms with Crippen molar-refractivity contribution in [3.63, 3.8) is 0 Å². The lowest BCUT2D eigenvalue weighted by Gasteiger charge is -2.54. The molecule has 9 nitrogen and oxygen atoms in total. The van der Waals surface area contributed by atoms with Gasteiger partial charge >= 0.3 is 6.18 Å². The number of nitrogens with one attached hydrogen (secondary N) is 1.